The Hall–Kier alpha value is -1.94. The smallest absolute Gasteiger partial charge is 0.233 e. The molecule has 8 nitrogen and oxygen atoms in total. The van der Waals surface area contributed by atoms with Gasteiger partial charge in [0.05, 0.1) is 17.3 Å². The molecule has 1 aliphatic heterocycles. The number of rotatable bonds is 6. The molecule has 0 N–H and O–H groups in total. The van der Waals surface area contributed by atoms with Gasteiger partial charge in [-0.05, 0) is 31.4 Å². The second kappa shape index (κ2) is 7.23. The number of carbonyl (C=O) groups is 1. The number of thioether (sulfide) groups is 1. The van der Waals surface area contributed by atoms with E-state index in [4.69, 9.17) is 0 Å². The van der Waals surface area contributed by atoms with Gasteiger partial charge in [0, 0.05) is 37.1 Å². The number of pyridine rings is 1. The Kier molecular flexibility index (Phi) is 4.94. The quantitative estimate of drug-likeness (QED) is 0.668. The molecule has 144 valence electrons. The maximum Gasteiger partial charge on any atom is 0.233 e. The van der Waals surface area contributed by atoms with E-state index in [2.05, 4.69) is 19.7 Å². The van der Waals surface area contributed by atoms with Crippen molar-refractivity contribution in [3.05, 3.63) is 24.5 Å². The normalized spacial score (nSPS) is 21.3. The Labute approximate surface area is 162 Å². The zero-order chi connectivity index (χ0) is 19.0. The number of sulfone groups is 1. The zero-order valence-electron chi connectivity index (χ0n) is 15.0. The second-order valence-corrected chi connectivity index (χ2v) is 10.2. The van der Waals surface area contributed by atoms with Crippen LogP contribution in [-0.4, -0.2) is 69.3 Å². The molecule has 0 bridgehead atoms. The van der Waals surface area contributed by atoms with E-state index in [1.807, 2.05) is 12.1 Å². The summed E-state index contributed by atoms with van der Waals surface area (Å²) in [6.45, 7) is 0. The molecule has 0 spiro atoms. The summed E-state index contributed by atoms with van der Waals surface area (Å²) in [6, 6.07) is 3.95. The summed E-state index contributed by atoms with van der Waals surface area (Å²) in [7, 11) is -1.33. The van der Waals surface area contributed by atoms with E-state index in [1.165, 1.54) is 11.8 Å². The SMILES string of the molecule is CN(C(=O)CSc1nnc(-c2ccncc2)n1C1CC1)[C@H]1CCS(=O)(=O)C1. The van der Waals surface area contributed by atoms with Crippen molar-refractivity contribution in [2.45, 2.75) is 36.5 Å². The third-order valence-corrected chi connectivity index (χ3v) is 7.67. The van der Waals surface area contributed by atoms with Crippen LogP contribution in [0.5, 0.6) is 0 Å². The second-order valence-electron chi connectivity index (χ2n) is 6.99. The van der Waals surface area contributed by atoms with Gasteiger partial charge in [-0.2, -0.15) is 0 Å². The van der Waals surface area contributed by atoms with Crippen LogP contribution in [0.4, 0.5) is 0 Å². The average molecular weight is 408 g/mol. The van der Waals surface area contributed by atoms with Gasteiger partial charge in [0.25, 0.3) is 0 Å². The molecule has 2 aromatic heterocycles. The van der Waals surface area contributed by atoms with Gasteiger partial charge in [-0.25, -0.2) is 8.42 Å². The molecule has 2 aliphatic rings. The van der Waals surface area contributed by atoms with Crippen molar-refractivity contribution in [3.8, 4) is 11.4 Å². The zero-order valence-corrected chi connectivity index (χ0v) is 16.6. The van der Waals surface area contributed by atoms with Crippen molar-refractivity contribution < 1.29 is 13.2 Å². The van der Waals surface area contributed by atoms with Crippen molar-refractivity contribution in [1.29, 1.82) is 0 Å². The fourth-order valence-electron chi connectivity index (χ4n) is 3.25. The van der Waals surface area contributed by atoms with E-state index in [1.54, 1.807) is 24.3 Å². The summed E-state index contributed by atoms with van der Waals surface area (Å²) in [4.78, 5) is 18.1. The predicted octanol–water partition coefficient (Wildman–Crippen LogP) is 1.41. The third kappa shape index (κ3) is 4.01. The monoisotopic (exact) mass is 407 g/mol. The molecule has 3 heterocycles. The van der Waals surface area contributed by atoms with Gasteiger partial charge < -0.3 is 4.90 Å². The van der Waals surface area contributed by atoms with Crippen LogP contribution in [0.25, 0.3) is 11.4 Å². The molecule has 1 amide bonds. The number of nitrogens with zero attached hydrogens (tertiary/aromatic N) is 5. The molecule has 1 atom stereocenters. The summed E-state index contributed by atoms with van der Waals surface area (Å²) in [5.74, 6) is 1.15. The van der Waals surface area contributed by atoms with E-state index in [-0.39, 0.29) is 29.2 Å². The minimum atomic E-state index is -3.01. The maximum atomic E-state index is 12.5. The highest BCUT2D eigenvalue weighted by Gasteiger charge is 2.33. The van der Waals surface area contributed by atoms with Crippen LogP contribution in [0.15, 0.2) is 29.7 Å². The molecular formula is C17H21N5O3S2. The van der Waals surface area contributed by atoms with Gasteiger partial charge in [-0.1, -0.05) is 11.8 Å². The van der Waals surface area contributed by atoms with Gasteiger partial charge in [0.1, 0.15) is 0 Å². The van der Waals surface area contributed by atoms with E-state index >= 15 is 0 Å². The number of hydrogen-bond acceptors (Lipinski definition) is 7. The Morgan fingerprint density at radius 3 is 2.63 bits per heavy atom. The van der Waals surface area contributed by atoms with E-state index in [0.717, 1.165) is 29.4 Å². The van der Waals surface area contributed by atoms with Crippen molar-refractivity contribution >= 4 is 27.5 Å². The van der Waals surface area contributed by atoms with Crippen LogP contribution in [-0.2, 0) is 14.6 Å². The highest BCUT2D eigenvalue weighted by molar-refractivity contribution is 7.99. The Morgan fingerprint density at radius 2 is 2.00 bits per heavy atom. The summed E-state index contributed by atoms with van der Waals surface area (Å²) in [5, 5.41) is 9.35. The largest absolute Gasteiger partial charge is 0.341 e. The standard InChI is InChI=1S/C17H21N5O3S2/c1-21(14-6-9-27(24,25)11-14)15(23)10-26-17-20-19-16(22(17)13-2-3-13)12-4-7-18-8-5-12/h4-5,7-8,13-14H,2-3,6,9-11H2,1H3/t14-/m0/s1. The highest BCUT2D eigenvalue weighted by atomic mass is 32.2. The molecule has 0 aromatic carbocycles. The van der Waals surface area contributed by atoms with Crippen LogP contribution in [0.1, 0.15) is 25.3 Å². The van der Waals surface area contributed by atoms with Crippen LogP contribution >= 0.6 is 11.8 Å². The summed E-state index contributed by atoms with van der Waals surface area (Å²) < 4.78 is 25.4. The number of hydrogen-bond donors (Lipinski definition) is 0. The minimum absolute atomic E-state index is 0.0599. The van der Waals surface area contributed by atoms with Gasteiger partial charge in [-0.15, -0.1) is 10.2 Å². The van der Waals surface area contributed by atoms with Crippen molar-refractivity contribution in [2.75, 3.05) is 24.3 Å². The first-order valence-electron chi connectivity index (χ1n) is 8.89. The Balaban J connectivity index is 1.46. The predicted molar refractivity (Wildman–Crippen MR) is 102 cm³/mol. The molecular weight excluding hydrogens is 386 g/mol. The highest BCUT2D eigenvalue weighted by Crippen LogP contribution is 2.41. The first-order chi connectivity index (χ1) is 12.9. The fourth-order valence-corrected chi connectivity index (χ4v) is 5.95. The molecule has 10 heteroatoms. The molecule has 0 unspecified atom stereocenters. The average Bonchev–Trinajstić information content (AvgIpc) is 3.31. The molecule has 27 heavy (non-hydrogen) atoms. The third-order valence-electron chi connectivity index (χ3n) is 4.99. The molecule has 2 aromatic rings. The lowest BCUT2D eigenvalue weighted by atomic mass is 10.2. The minimum Gasteiger partial charge on any atom is -0.341 e. The Bertz CT molecular complexity index is 941. The first kappa shape index (κ1) is 18.4. The lowest BCUT2D eigenvalue weighted by Crippen LogP contribution is -2.38. The number of aromatic nitrogens is 4. The molecule has 4 rings (SSSR count). The van der Waals surface area contributed by atoms with Crippen LogP contribution in [0, 0.1) is 0 Å². The molecule has 1 aliphatic carbocycles. The summed E-state index contributed by atoms with van der Waals surface area (Å²) in [5.41, 5.74) is 0.954. The molecule has 0 radical (unpaired) electrons. The number of carbonyl (C=O) groups excluding carboxylic acids is 1. The first-order valence-corrected chi connectivity index (χ1v) is 11.7. The maximum absolute atomic E-state index is 12.5. The number of amides is 1. The Morgan fingerprint density at radius 1 is 1.26 bits per heavy atom. The van der Waals surface area contributed by atoms with E-state index in [9.17, 15) is 13.2 Å². The van der Waals surface area contributed by atoms with Gasteiger partial charge in [0.15, 0.2) is 20.8 Å². The van der Waals surface area contributed by atoms with Crippen molar-refractivity contribution in [1.82, 2.24) is 24.6 Å². The fraction of sp³-hybridized carbons (Fsp3) is 0.529. The summed E-state index contributed by atoms with van der Waals surface area (Å²) in [6.07, 6.45) is 6.12. The van der Waals surface area contributed by atoms with Crippen LogP contribution < -0.4 is 0 Å². The van der Waals surface area contributed by atoms with Gasteiger partial charge >= 0.3 is 0 Å². The van der Waals surface area contributed by atoms with Crippen molar-refractivity contribution in [2.24, 2.45) is 0 Å². The summed E-state index contributed by atoms with van der Waals surface area (Å²) >= 11 is 1.36. The molecule has 1 saturated carbocycles. The molecule has 1 saturated heterocycles. The lowest BCUT2D eigenvalue weighted by molar-refractivity contribution is -0.128. The van der Waals surface area contributed by atoms with Crippen molar-refractivity contribution in [3.63, 3.8) is 0 Å². The lowest BCUT2D eigenvalue weighted by Gasteiger charge is -2.23. The topological polar surface area (TPSA) is 98.1 Å². The van der Waals surface area contributed by atoms with Gasteiger partial charge in [-0.3, -0.25) is 14.3 Å². The van der Waals surface area contributed by atoms with Crippen LogP contribution in [0.2, 0.25) is 0 Å². The molecule has 2 fully saturated rings. The van der Waals surface area contributed by atoms with Gasteiger partial charge in [0.2, 0.25) is 5.91 Å². The van der Waals surface area contributed by atoms with E-state index < -0.39 is 9.84 Å². The van der Waals surface area contributed by atoms with E-state index in [0.29, 0.717) is 12.5 Å². The van der Waals surface area contributed by atoms with Crippen LogP contribution in [0.3, 0.4) is 0 Å².